The number of aliphatic hydroxyl groups is 1. The van der Waals surface area contributed by atoms with E-state index in [0.29, 0.717) is 11.3 Å². The van der Waals surface area contributed by atoms with Crippen LogP contribution in [0.2, 0.25) is 0 Å². The molecule has 6 heteroatoms. The molecule has 1 aromatic carbocycles. The second kappa shape index (κ2) is 6.98. The van der Waals surface area contributed by atoms with E-state index in [2.05, 4.69) is 5.32 Å². The normalized spacial score (nSPS) is 11.7. The highest BCUT2D eigenvalue weighted by atomic mass is 35.5. The van der Waals surface area contributed by atoms with E-state index in [1.165, 1.54) is 19.1 Å². The van der Waals surface area contributed by atoms with Crippen LogP contribution in [0, 0.1) is 0 Å². The molecule has 0 fully saturated rings. The molecule has 18 heavy (non-hydrogen) atoms. The van der Waals surface area contributed by atoms with Crippen LogP contribution >= 0.6 is 11.6 Å². The predicted molar refractivity (Wildman–Crippen MR) is 67.8 cm³/mol. The maximum Gasteiger partial charge on any atom is 0.338 e. The predicted octanol–water partition coefficient (Wildman–Crippen LogP) is 1.40. The molecule has 1 aromatic rings. The Bertz CT molecular complexity index is 419. The Morgan fingerprint density at radius 2 is 2.00 bits per heavy atom. The van der Waals surface area contributed by atoms with E-state index < -0.39 is 12.1 Å². The summed E-state index contributed by atoms with van der Waals surface area (Å²) in [6, 6.07) is 6.24. The van der Waals surface area contributed by atoms with E-state index in [0.717, 1.165) is 0 Å². The van der Waals surface area contributed by atoms with Gasteiger partial charge < -0.3 is 15.2 Å². The van der Waals surface area contributed by atoms with E-state index >= 15 is 0 Å². The molecule has 1 amide bonds. The molecular weight excluding hydrogens is 258 g/mol. The van der Waals surface area contributed by atoms with Gasteiger partial charge in [-0.2, -0.15) is 0 Å². The Morgan fingerprint density at radius 3 is 2.50 bits per heavy atom. The molecule has 5 nitrogen and oxygen atoms in total. The van der Waals surface area contributed by atoms with E-state index in [-0.39, 0.29) is 18.4 Å². The van der Waals surface area contributed by atoms with Crippen molar-refractivity contribution in [3.8, 4) is 0 Å². The number of amides is 1. The summed E-state index contributed by atoms with van der Waals surface area (Å²) in [7, 11) is 0. The van der Waals surface area contributed by atoms with Crippen molar-refractivity contribution in [2.75, 3.05) is 17.8 Å². The highest BCUT2D eigenvalue weighted by Crippen LogP contribution is 2.10. The number of carbonyl (C=O) groups excluding carboxylic acids is 2. The zero-order valence-electron chi connectivity index (χ0n) is 9.85. The second-order valence-electron chi connectivity index (χ2n) is 3.67. The summed E-state index contributed by atoms with van der Waals surface area (Å²) in [6.45, 7) is 1.26. The Hall–Kier alpha value is -1.59. The van der Waals surface area contributed by atoms with Gasteiger partial charge in [-0.15, -0.1) is 11.6 Å². The number of halogens is 1. The number of rotatable bonds is 5. The summed E-state index contributed by atoms with van der Waals surface area (Å²) < 4.78 is 4.84. The maximum absolute atomic E-state index is 11.5. The van der Waals surface area contributed by atoms with Crippen molar-refractivity contribution in [2.45, 2.75) is 13.0 Å². The number of esters is 1. The first-order valence-corrected chi connectivity index (χ1v) is 5.85. The average molecular weight is 272 g/mol. The fraction of sp³-hybridized carbons (Fsp3) is 0.333. The summed E-state index contributed by atoms with van der Waals surface area (Å²) in [5.74, 6) is -0.724. The van der Waals surface area contributed by atoms with Crippen LogP contribution in [-0.2, 0) is 9.53 Å². The zero-order valence-corrected chi connectivity index (χ0v) is 10.6. The van der Waals surface area contributed by atoms with Gasteiger partial charge in [-0.05, 0) is 24.3 Å². The lowest BCUT2D eigenvalue weighted by Gasteiger charge is -2.08. The van der Waals surface area contributed by atoms with Gasteiger partial charge in [-0.1, -0.05) is 0 Å². The first-order chi connectivity index (χ1) is 8.52. The molecule has 0 aliphatic heterocycles. The lowest BCUT2D eigenvalue weighted by molar-refractivity contribution is -0.114. The molecule has 0 bridgehead atoms. The van der Waals surface area contributed by atoms with Gasteiger partial charge in [0.25, 0.3) is 0 Å². The first-order valence-electron chi connectivity index (χ1n) is 5.31. The number of hydrogen-bond donors (Lipinski definition) is 2. The molecule has 0 spiro atoms. The molecular formula is C12H14ClNO4. The van der Waals surface area contributed by atoms with Crippen molar-refractivity contribution < 1.29 is 19.4 Å². The summed E-state index contributed by atoms with van der Waals surface area (Å²) in [5.41, 5.74) is 0.936. The van der Waals surface area contributed by atoms with Gasteiger partial charge in [0.05, 0.1) is 11.4 Å². The minimum atomic E-state index is -0.866. The van der Waals surface area contributed by atoms with Gasteiger partial charge in [0, 0.05) is 12.6 Å². The van der Waals surface area contributed by atoms with Gasteiger partial charge in [-0.3, -0.25) is 4.79 Å². The highest BCUT2D eigenvalue weighted by molar-refractivity contribution is 6.18. The lowest BCUT2D eigenvalue weighted by atomic mass is 10.2. The number of benzene rings is 1. The van der Waals surface area contributed by atoms with Crippen molar-refractivity contribution in [2.24, 2.45) is 0 Å². The SMILES string of the molecule is CC(=O)Nc1ccc(C(=O)OCC(O)CCl)cc1. The number of hydrogen-bond acceptors (Lipinski definition) is 4. The quantitative estimate of drug-likeness (QED) is 0.627. The molecule has 98 valence electrons. The third-order valence-electron chi connectivity index (χ3n) is 2.03. The van der Waals surface area contributed by atoms with Gasteiger partial charge in [0.2, 0.25) is 5.91 Å². The number of aliphatic hydroxyl groups excluding tert-OH is 1. The third-order valence-corrected chi connectivity index (χ3v) is 2.38. The van der Waals surface area contributed by atoms with Crippen molar-refractivity contribution in [3.05, 3.63) is 29.8 Å². The topological polar surface area (TPSA) is 75.6 Å². The zero-order chi connectivity index (χ0) is 13.5. The number of carbonyl (C=O) groups is 2. The molecule has 0 saturated heterocycles. The molecule has 0 saturated carbocycles. The summed E-state index contributed by atoms with van der Waals surface area (Å²) in [4.78, 5) is 22.3. The fourth-order valence-electron chi connectivity index (χ4n) is 1.19. The number of alkyl halides is 1. The van der Waals surface area contributed by atoms with Crippen molar-refractivity contribution in [1.29, 1.82) is 0 Å². The minimum Gasteiger partial charge on any atom is -0.459 e. The smallest absolute Gasteiger partial charge is 0.338 e. The van der Waals surface area contributed by atoms with Crippen LogP contribution < -0.4 is 5.32 Å². The van der Waals surface area contributed by atoms with Crippen LogP contribution in [-0.4, -0.2) is 35.6 Å². The van der Waals surface area contributed by atoms with Crippen LogP contribution in [0.15, 0.2) is 24.3 Å². The van der Waals surface area contributed by atoms with Crippen LogP contribution in [0.1, 0.15) is 17.3 Å². The Morgan fingerprint density at radius 1 is 1.39 bits per heavy atom. The summed E-state index contributed by atoms with van der Waals surface area (Å²) in [5, 5.41) is 11.7. The van der Waals surface area contributed by atoms with Gasteiger partial charge in [-0.25, -0.2) is 4.79 Å². The van der Waals surface area contributed by atoms with E-state index in [9.17, 15) is 9.59 Å². The van der Waals surface area contributed by atoms with E-state index in [1.807, 2.05) is 0 Å². The van der Waals surface area contributed by atoms with E-state index in [4.69, 9.17) is 21.4 Å². The second-order valence-corrected chi connectivity index (χ2v) is 3.97. The molecule has 1 rings (SSSR count). The Balaban J connectivity index is 2.56. The first kappa shape index (κ1) is 14.5. The van der Waals surface area contributed by atoms with Crippen molar-refractivity contribution in [1.82, 2.24) is 0 Å². The van der Waals surface area contributed by atoms with Crippen LogP contribution in [0.25, 0.3) is 0 Å². The molecule has 2 N–H and O–H groups in total. The third kappa shape index (κ3) is 4.73. The van der Waals surface area contributed by atoms with Gasteiger partial charge in [0.1, 0.15) is 12.7 Å². The minimum absolute atomic E-state index is 0.00868. The Labute approximate surface area is 110 Å². The monoisotopic (exact) mass is 271 g/mol. The molecule has 0 aromatic heterocycles. The largest absolute Gasteiger partial charge is 0.459 e. The van der Waals surface area contributed by atoms with E-state index in [1.54, 1.807) is 12.1 Å². The molecule has 1 atom stereocenters. The molecule has 0 radical (unpaired) electrons. The molecule has 0 aliphatic rings. The van der Waals surface area contributed by atoms with Gasteiger partial charge in [0.15, 0.2) is 0 Å². The van der Waals surface area contributed by atoms with Crippen LogP contribution in [0.3, 0.4) is 0 Å². The molecule has 0 aliphatic carbocycles. The maximum atomic E-state index is 11.5. The lowest BCUT2D eigenvalue weighted by Crippen LogP contribution is -2.19. The average Bonchev–Trinajstić information content (AvgIpc) is 2.35. The highest BCUT2D eigenvalue weighted by Gasteiger charge is 2.10. The van der Waals surface area contributed by atoms with Gasteiger partial charge >= 0.3 is 5.97 Å². The standard InChI is InChI=1S/C12H14ClNO4/c1-8(15)14-10-4-2-9(3-5-10)12(17)18-7-11(16)6-13/h2-5,11,16H,6-7H2,1H3,(H,14,15). The van der Waals surface area contributed by atoms with Crippen molar-refractivity contribution >= 4 is 29.2 Å². The summed E-state index contributed by atoms with van der Waals surface area (Å²) in [6.07, 6.45) is -0.866. The fourth-order valence-corrected chi connectivity index (χ4v) is 1.28. The Kier molecular flexibility index (Phi) is 5.61. The molecule has 1 unspecified atom stereocenters. The number of nitrogens with one attached hydrogen (secondary N) is 1. The number of anilines is 1. The van der Waals surface area contributed by atoms with Crippen LogP contribution in [0.4, 0.5) is 5.69 Å². The summed E-state index contributed by atoms with van der Waals surface area (Å²) >= 11 is 5.37. The van der Waals surface area contributed by atoms with Crippen molar-refractivity contribution in [3.63, 3.8) is 0 Å². The number of ether oxygens (including phenoxy) is 1. The van der Waals surface area contributed by atoms with Crippen LogP contribution in [0.5, 0.6) is 0 Å². The molecule has 0 heterocycles.